The van der Waals surface area contributed by atoms with E-state index in [2.05, 4.69) is 33.8 Å². The second kappa shape index (κ2) is 5.34. The Balaban J connectivity index is 1.89. The van der Waals surface area contributed by atoms with E-state index in [1.165, 1.54) is 18.9 Å². The highest BCUT2D eigenvalue weighted by Crippen LogP contribution is 2.66. The maximum atomic E-state index is 12.2. The molecule has 1 heterocycles. The number of allylic oxidation sites excluding steroid dienone is 2. The molecule has 0 aromatic rings. The Morgan fingerprint density at radius 2 is 1.96 bits per heavy atom. The number of hydrogen-bond donors (Lipinski definition) is 1. The largest absolute Gasteiger partial charge is 0.504 e. The minimum absolute atomic E-state index is 0.0545. The highest BCUT2D eigenvalue weighted by molar-refractivity contribution is 6.21. The number of aliphatic hydroxyl groups excluding tert-OH is 1. The van der Waals surface area contributed by atoms with Crippen LogP contribution in [0, 0.1) is 22.7 Å². The molecule has 0 radical (unpaired) electrons. The first-order chi connectivity index (χ1) is 12.2. The number of rotatable bonds is 1. The predicted molar refractivity (Wildman–Crippen MR) is 98.3 cm³/mol. The molecule has 0 saturated heterocycles. The van der Waals surface area contributed by atoms with E-state index < -0.39 is 11.4 Å². The summed E-state index contributed by atoms with van der Waals surface area (Å²) >= 11 is 0. The Labute approximate surface area is 155 Å². The topological polar surface area (TPSA) is 63.6 Å². The van der Waals surface area contributed by atoms with E-state index in [4.69, 9.17) is 4.74 Å². The Bertz CT molecular complexity index is 784. The molecule has 4 atom stereocenters. The number of Topliss-reactive ketones (excluding diaryl/α,β-unsaturated/α-hetero) is 1. The number of hydrogen-bond acceptors (Lipinski definition) is 4. The lowest BCUT2D eigenvalue weighted by Gasteiger charge is -2.62. The van der Waals surface area contributed by atoms with Crippen molar-refractivity contribution in [1.29, 1.82) is 0 Å². The molecule has 1 aliphatic heterocycles. The van der Waals surface area contributed by atoms with Crippen LogP contribution in [0.25, 0.3) is 0 Å². The Hall–Kier alpha value is -1.84. The summed E-state index contributed by atoms with van der Waals surface area (Å²) in [4.78, 5) is 23.8. The summed E-state index contributed by atoms with van der Waals surface area (Å²) in [5, 5.41) is 9.98. The predicted octanol–water partition coefficient (Wildman–Crippen LogP) is 4.42. The number of ketones is 1. The number of aldehydes is 1. The molecule has 0 bridgehead atoms. The molecule has 4 rings (SSSR count). The Morgan fingerprint density at radius 1 is 1.23 bits per heavy atom. The van der Waals surface area contributed by atoms with Crippen LogP contribution >= 0.6 is 0 Å². The molecule has 4 nitrogen and oxygen atoms in total. The summed E-state index contributed by atoms with van der Waals surface area (Å²) in [5.74, 6) is 0.141. The van der Waals surface area contributed by atoms with Crippen LogP contribution in [0.2, 0.25) is 0 Å². The van der Waals surface area contributed by atoms with Crippen molar-refractivity contribution in [1.82, 2.24) is 0 Å². The number of carbonyl (C=O) groups excluding carboxylic acids is 2. The van der Waals surface area contributed by atoms with Crippen molar-refractivity contribution in [2.75, 3.05) is 0 Å². The standard InChI is InChI=1S/C22H28O4/c1-13-6-7-17-20(2,3)8-5-9-21(17,4)22(13)11-14-10-16(24)18(25)15(12-23)19(14)26-22/h10-13,17,24H,5-9H2,1-4H3/t13-,17+,21?,22-/m1/s1. The Kier molecular flexibility index (Phi) is 3.61. The van der Waals surface area contributed by atoms with Gasteiger partial charge in [-0.2, -0.15) is 0 Å². The van der Waals surface area contributed by atoms with E-state index in [1.807, 2.05) is 0 Å². The molecule has 4 aliphatic rings. The van der Waals surface area contributed by atoms with Gasteiger partial charge in [-0.05, 0) is 49.2 Å². The molecule has 26 heavy (non-hydrogen) atoms. The summed E-state index contributed by atoms with van der Waals surface area (Å²) in [5.41, 5.74) is 0.270. The van der Waals surface area contributed by atoms with Gasteiger partial charge in [0.05, 0.1) is 0 Å². The second-order valence-corrected chi connectivity index (χ2v) is 9.50. The normalized spacial score (nSPS) is 41.2. The van der Waals surface area contributed by atoms with Crippen LogP contribution in [-0.2, 0) is 14.3 Å². The van der Waals surface area contributed by atoms with E-state index in [0.29, 0.717) is 23.5 Å². The molecule has 2 fully saturated rings. The molecule has 0 amide bonds. The molecular weight excluding hydrogens is 328 g/mol. The van der Waals surface area contributed by atoms with Gasteiger partial charge in [0.25, 0.3) is 0 Å². The van der Waals surface area contributed by atoms with Crippen LogP contribution < -0.4 is 0 Å². The van der Waals surface area contributed by atoms with Crippen LogP contribution in [0.4, 0.5) is 0 Å². The van der Waals surface area contributed by atoms with Crippen molar-refractivity contribution in [2.45, 2.75) is 65.4 Å². The molecular formula is C22H28O4. The maximum Gasteiger partial charge on any atom is 0.234 e. The van der Waals surface area contributed by atoms with Gasteiger partial charge in [0, 0.05) is 16.9 Å². The summed E-state index contributed by atoms with van der Waals surface area (Å²) in [6.07, 6.45) is 9.77. The molecule has 3 aliphatic carbocycles. The van der Waals surface area contributed by atoms with Gasteiger partial charge in [-0.1, -0.05) is 34.1 Å². The molecule has 0 aromatic carbocycles. The fourth-order valence-corrected chi connectivity index (χ4v) is 6.45. The first kappa shape index (κ1) is 17.6. The van der Waals surface area contributed by atoms with E-state index >= 15 is 0 Å². The molecule has 1 N–H and O–H groups in total. The lowest BCUT2D eigenvalue weighted by atomic mass is 9.45. The van der Waals surface area contributed by atoms with Crippen LogP contribution in [0.15, 0.2) is 34.8 Å². The lowest BCUT2D eigenvalue weighted by Crippen LogP contribution is -2.61. The van der Waals surface area contributed by atoms with Gasteiger partial charge in [-0.3, -0.25) is 9.59 Å². The van der Waals surface area contributed by atoms with Crippen molar-refractivity contribution in [3.05, 3.63) is 34.8 Å². The van der Waals surface area contributed by atoms with E-state index in [9.17, 15) is 14.7 Å². The van der Waals surface area contributed by atoms with Crippen LogP contribution in [-0.4, -0.2) is 22.8 Å². The minimum atomic E-state index is -0.640. The summed E-state index contributed by atoms with van der Waals surface area (Å²) in [7, 11) is 0. The monoisotopic (exact) mass is 356 g/mol. The quantitative estimate of drug-likeness (QED) is 0.558. The van der Waals surface area contributed by atoms with Crippen molar-refractivity contribution in [3.8, 4) is 0 Å². The van der Waals surface area contributed by atoms with Gasteiger partial charge < -0.3 is 9.84 Å². The number of fused-ring (bicyclic) bond motifs is 3. The number of carbonyl (C=O) groups is 2. The third-order valence-electron chi connectivity index (χ3n) is 7.78. The van der Waals surface area contributed by atoms with E-state index in [1.54, 1.807) is 0 Å². The van der Waals surface area contributed by atoms with E-state index in [0.717, 1.165) is 19.3 Å². The fraction of sp³-hybridized carbons (Fsp3) is 0.636. The van der Waals surface area contributed by atoms with Crippen molar-refractivity contribution < 1.29 is 19.4 Å². The minimum Gasteiger partial charge on any atom is -0.504 e. The third-order valence-corrected chi connectivity index (χ3v) is 7.78. The molecule has 1 unspecified atom stereocenters. The zero-order valence-electron chi connectivity index (χ0n) is 16.1. The number of aliphatic hydroxyl groups is 1. The van der Waals surface area contributed by atoms with Crippen molar-refractivity contribution >= 4 is 12.1 Å². The molecule has 2 saturated carbocycles. The van der Waals surface area contributed by atoms with Crippen molar-refractivity contribution in [2.24, 2.45) is 22.7 Å². The average Bonchev–Trinajstić information content (AvgIpc) is 2.94. The molecule has 4 heteroatoms. The van der Waals surface area contributed by atoms with E-state index in [-0.39, 0.29) is 28.1 Å². The van der Waals surface area contributed by atoms with Gasteiger partial charge in [0.1, 0.15) is 16.9 Å². The van der Waals surface area contributed by atoms with Gasteiger partial charge in [0.15, 0.2) is 12.0 Å². The van der Waals surface area contributed by atoms with Crippen LogP contribution in [0.5, 0.6) is 0 Å². The highest BCUT2D eigenvalue weighted by atomic mass is 16.5. The van der Waals surface area contributed by atoms with Gasteiger partial charge >= 0.3 is 0 Å². The van der Waals surface area contributed by atoms with Crippen molar-refractivity contribution in [3.63, 3.8) is 0 Å². The summed E-state index contributed by atoms with van der Waals surface area (Å²) < 4.78 is 6.57. The zero-order valence-corrected chi connectivity index (χ0v) is 16.1. The SMILES string of the molecule is C[C@@H]1CC[C@H]2C(C)(C)CCCC2(C)[C@@]12C=C1C=C(O)C(=O)C(C=O)=C1O2. The summed E-state index contributed by atoms with van der Waals surface area (Å²) in [6.45, 7) is 9.26. The number of ether oxygens (including phenoxy) is 1. The summed E-state index contributed by atoms with van der Waals surface area (Å²) in [6, 6.07) is 0. The van der Waals surface area contributed by atoms with Crippen LogP contribution in [0.1, 0.15) is 59.8 Å². The van der Waals surface area contributed by atoms with Gasteiger partial charge in [-0.25, -0.2) is 0 Å². The molecule has 1 spiro atoms. The fourth-order valence-electron chi connectivity index (χ4n) is 6.45. The van der Waals surface area contributed by atoms with Gasteiger partial charge in [-0.15, -0.1) is 0 Å². The molecule has 140 valence electrons. The third kappa shape index (κ3) is 2.02. The molecule has 0 aromatic heterocycles. The smallest absolute Gasteiger partial charge is 0.234 e. The Morgan fingerprint density at radius 3 is 2.65 bits per heavy atom. The second-order valence-electron chi connectivity index (χ2n) is 9.50. The lowest BCUT2D eigenvalue weighted by molar-refractivity contribution is -0.184. The zero-order chi connectivity index (χ0) is 18.9. The first-order valence-corrected chi connectivity index (χ1v) is 9.73. The van der Waals surface area contributed by atoms with Gasteiger partial charge in [0.2, 0.25) is 5.78 Å². The maximum absolute atomic E-state index is 12.2. The van der Waals surface area contributed by atoms with Crippen LogP contribution in [0.3, 0.4) is 0 Å². The highest BCUT2D eigenvalue weighted by Gasteiger charge is 2.64. The first-order valence-electron chi connectivity index (χ1n) is 9.73. The average molecular weight is 356 g/mol.